The Morgan fingerprint density at radius 2 is 2.06 bits per heavy atom. The molecule has 0 aliphatic carbocycles. The van der Waals surface area contributed by atoms with Crippen LogP contribution in [0, 0.1) is 6.92 Å². The summed E-state index contributed by atoms with van der Waals surface area (Å²) < 4.78 is 6.62. The summed E-state index contributed by atoms with van der Waals surface area (Å²) in [4.78, 5) is 4.24. The maximum absolute atomic E-state index is 5.69. The first-order chi connectivity index (χ1) is 8.19. The van der Waals surface area contributed by atoms with Gasteiger partial charge in [-0.1, -0.05) is 28.1 Å². The molecule has 0 unspecified atom stereocenters. The molecule has 2 nitrogen and oxygen atoms in total. The molecule has 0 radical (unpaired) electrons. The molecule has 0 atom stereocenters. The molecule has 88 valence electrons. The monoisotopic (exact) mass is 355 g/mol. The van der Waals surface area contributed by atoms with Crippen molar-refractivity contribution < 1.29 is 4.74 Å². The van der Waals surface area contributed by atoms with Crippen LogP contribution in [-0.4, -0.2) is 4.98 Å². The summed E-state index contributed by atoms with van der Waals surface area (Å²) in [6, 6.07) is 9.80. The van der Waals surface area contributed by atoms with Gasteiger partial charge in [0.15, 0.2) is 0 Å². The molecular formula is C13H11Br2NO. The molecule has 0 amide bonds. The summed E-state index contributed by atoms with van der Waals surface area (Å²) in [7, 11) is 0. The number of aromatic nitrogens is 1. The molecule has 0 fully saturated rings. The van der Waals surface area contributed by atoms with Crippen molar-refractivity contribution in [1.82, 2.24) is 4.98 Å². The molecule has 2 rings (SSSR count). The highest BCUT2D eigenvalue weighted by Gasteiger charge is 2.03. The second-order valence-corrected chi connectivity index (χ2v) is 5.09. The van der Waals surface area contributed by atoms with E-state index in [1.807, 2.05) is 37.3 Å². The minimum absolute atomic E-state index is 0.597. The van der Waals surface area contributed by atoms with E-state index in [2.05, 4.69) is 36.8 Å². The lowest BCUT2D eigenvalue weighted by Crippen LogP contribution is -1.90. The topological polar surface area (TPSA) is 22.1 Å². The Hall–Kier alpha value is -0.870. The van der Waals surface area contributed by atoms with Crippen molar-refractivity contribution in [2.75, 3.05) is 0 Å². The van der Waals surface area contributed by atoms with E-state index in [1.165, 1.54) is 5.56 Å². The normalized spacial score (nSPS) is 10.3. The molecule has 1 aromatic carbocycles. The van der Waals surface area contributed by atoms with Crippen molar-refractivity contribution in [3.8, 4) is 11.6 Å². The average molecular weight is 357 g/mol. The van der Waals surface area contributed by atoms with Crippen LogP contribution in [0.4, 0.5) is 0 Å². The highest BCUT2D eigenvalue weighted by Crippen LogP contribution is 2.29. The van der Waals surface area contributed by atoms with Crippen LogP contribution >= 0.6 is 31.9 Å². The number of hydrogen-bond acceptors (Lipinski definition) is 2. The largest absolute Gasteiger partial charge is 0.438 e. The van der Waals surface area contributed by atoms with E-state index >= 15 is 0 Å². The second-order valence-electron chi connectivity index (χ2n) is 3.67. The van der Waals surface area contributed by atoms with E-state index in [1.54, 1.807) is 6.20 Å². The van der Waals surface area contributed by atoms with E-state index < -0.39 is 0 Å². The second kappa shape index (κ2) is 5.65. The van der Waals surface area contributed by atoms with Crippen molar-refractivity contribution >= 4 is 31.9 Å². The minimum atomic E-state index is 0.597. The molecule has 0 N–H and O–H groups in total. The van der Waals surface area contributed by atoms with Gasteiger partial charge in [-0.05, 0) is 46.1 Å². The summed E-state index contributed by atoms with van der Waals surface area (Å²) in [6.07, 6.45) is 1.80. The summed E-state index contributed by atoms with van der Waals surface area (Å²) >= 11 is 6.85. The highest BCUT2D eigenvalue weighted by atomic mass is 79.9. The van der Waals surface area contributed by atoms with Gasteiger partial charge in [0.1, 0.15) is 5.75 Å². The van der Waals surface area contributed by atoms with Crippen LogP contribution in [0.3, 0.4) is 0 Å². The van der Waals surface area contributed by atoms with Crippen LogP contribution in [0.25, 0.3) is 0 Å². The third kappa shape index (κ3) is 3.30. The first-order valence-electron chi connectivity index (χ1n) is 5.14. The number of nitrogens with zero attached hydrogens (tertiary/aromatic N) is 1. The number of ether oxygens (including phenoxy) is 1. The van der Waals surface area contributed by atoms with E-state index in [-0.39, 0.29) is 0 Å². The number of halogens is 2. The molecule has 0 aliphatic rings. The van der Waals surface area contributed by atoms with Gasteiger partial charge in [0, 0.05) is 17.6 Å². The Morgan fingerprint density at radius 3 is 2.65 bits per heavy atom. The van der Waals surface area contributed by atoms with Crippen molar-refractivity contribution in [3.63, 3.8) is 0 Å². The van der Waals surface area contributed by atoms with E-state index in [4.69, 9.17) is 4.74 Å². The fraction of sp³-hybridized carbons (Fsp3) is 0.154. The first-order valence-corrected chi connectivity index (χ1v) is 7.05. The predicted molar refractivity (Wildman–Crippen MR) is 75.8 cm³/mol. The van der Waals surface area contributed by atoms with Crippen molar-refractivity contribution in [3.05, 3.63) is 52.1 Å². The predicted octanol–water partition coefficient (Wildman–Crippen LogP) is 4.84. The zero-order valence-electron chi connectivity index (χ0n) is 9.28. The van der Waals surface area contributed by atoms with Gasteiger partial charge in [0.25, 0.3) is 0 Å². The lowest BCUT2D eigenvalue weighted by molar-refractivity contribution is 0.459. The zero-order valence-corrected chi connectivity index (χ0v) is 12.5. The van der Waals surface area contributed by atoms with Gasteiger partial charge in [-0.15, -0.1) is 0 Å². The first kappa shape index (κ1) is 12.6. The molecule has 0 saturated heterocycles. The summed E-state index contributed by atoms with van der Waals surface area (Å²) in [5.41, 5.74) is 2.31. The highest BCUT2D eigenvalue weighted by molar-refractivity contribution is 9.10. The smallest absolute Gasteiger partial charge is 0.219 e. The van der Waals surface area contributed by atoms with Crippen LogP contribution in [-0.2, 0) is 5.33 Å². The Morgan fingerprint density at radius 1 is 1.24 bits per heavy atom. The molecular weight excluding hydrogens is 346 g/mol. The van der Waals surface area contributed by atoms with Crippen LogP contribution in [0.5, 0.6) is 11.6 Å². The molecule has 0 aliphatic heterocycles. The number of rotatable bonds is 3. The van der Waals surface area contributed by atoms with Crippen molar-refractivity contribution in [2.45, 2.75) is 12.3 Å². The van der Waals surface area contributed by atoms with Crippen LogP contribution in [0.2, 0.25) is 0 Å². The summed E-state index contributed by atoms with van der Waals surface area (Å²) in [5, 5.41) is 0.800. The Kier molecular flexibility index (Phi) is 4.18. The SMILES string of the molecule is Cc1ccc(Oc2ccc(CBr)cn2)c(Br)c1. The van der Waals surface area contributed by atoms with Gasteiger partial charge in [-0.3, -0.25) is 0 Å². The van der Waals surface area contributed by atoms with E-state index in [9.17, 15) is 0 Å². The van der Waals surface area contributed by atoms with Gasteiger partial charge in [-0.2, -0.15) is 0 Å². The van der Waals surface area contributed by atoms with Gasteiger partial charge >= 0.3 is 0 Å². The summed E-state index contributed by atoms with van der Waals surface area (Å²) in [5.74, 6) is 1.37. The number of alkyl halides is 1. The average Bonchev–Trinajstić information content (AvgIpc) is 2.34. The molecule has 17 heavy (non-hydrogen) atoms. The Bertz CT molecular complexity index is 511. The van der Waals surface area contributed by atoms with Crippen LogP contribution in [0.15, 0.2) is 41.0 Å². The van der Waals surface area contributed by atoms with E-state index in [0.29, 0.717) is 5.88 Å². The Labute approximate surface area is 117 Å². The number of pyridine rings is 1. The maximum Gasteiger partial charge on any atom is 0.219 e. The fourth-order valence-electron chi connectivity index (χ4n) is 1.35. The van der Waals surface area contributed by atoms with Gasteiger partial charge in [-0.25, -0.2) is 4.98 Å². The molecule has 1 heterocycles. The molecule has 0 bridgehead atoms. The zero-order chi connectivity index (χ0) is 12.3. The standard InChI is InChI=1S/C13H11Br2NO/c1-9-2-4-12(11(15)6-9)17-13-5-3-10(7-14)8-16-13/h2-6,8H,7H2,1H3. The van der Waals surface area contributed by atoms with Gasteiger partial charge in [0.05, 0.1) is 4.47 Å². The molecule has 4 heteroatoms. The molecule has 1 aromatic heterocycles. The molecule has 0 saturated carbocycles. The van der Waals surface area contributed by atoms with Crippen molar-refractivity contribution in [1.29, 1.82) is 0 Å². The van der Waals surface area contributed by atoms with Gasteiger partial charge < -0.3 is 4.74 Å². The summed E-state index contributed by atoms with van der Waals surface area (Å²) in [6.45, 7) is 2.04. The molecule has 2 aromatic rings. The lowest BCUT2D eigenvalue weighted by Gasteiger charge is -2.07. The van der Waals surface area contributed by atoms with Gasteiger partial charge in [0.2, 0.25) is 5.88 Å². The minimum Gasteiger partial charge on any atom is -0.438 e. The quantitative estimate of drug-likeness (QED) is 0.734. The van der Waals surface area contributed by atoms with Crippen LogP contribution in [0.1, 0.15) is 11.1 Å². The third-order valence-electron chi connectivity index (χ3n) is 2.25. The number of aryl methyl sites for hydroxylation is 1. The number of benzene rings is 1. The molecule has 0 spiro atoms. The number of hydrogen-bond donors (Lipinski definition) is 0. The third-order valence-corrected chi connectivity index (χ3v) is 3.52. The Balaban J connectivity index is 2.19. The van der Waals surface area contributed by atoms with E-state index in [0.717, 1.165) is 21.1 Å². The maximum atomic E-state index is 5.69. The lowest BCUT2D eigenvalue weighted by atomic mass is 10.2. The van der Waals surface area contributed by atoms with Crippen molar-refractivity contribution in [2.24, 2.45) is 0 Å². The fourth-order valence-corrected chi connectivity index (χ4v) is 2.26. The van der Waals surface area contributed by atoms with Crippen LogP contribution < -0.4 is 4.74 Å².